The number of thioether (sulfide) groups is 1. The number of carbonyl (C=O) groups excluding carboxylic acids is 1. The number of thiophene rings is 1. The van der Waals surface area contributed by atoms with Crippen LogP contribution in [0, 0.1) is 0 Å². The van der Waals surface area contributed by atoms with E-state index in [1.54, 1.807) is 11.3 Å². The number of rotatable bonds is 7. The van der Waals surface area contributed by atoms with Gasteiger partial charge in [0, 0.05) is 11.6 Å². The summed E-state index contributed by atoms with van der Waals surface area (Å²) in [5.74, 6) is 0.692. The number of nitrogens with one attached hydrogen (secondary N) is 2. The first-order chi connectivity index (χ1) is 13.0. The molecule has 0 saturated carbocycles. The van der Waals surface area contributed by atoms with Gasteiger partial charge in [0.05, 0.1) is 26.4 Å². The Morgan fingerprint density at radius 1 is 1.26 bits per heavy atom. The Hall–Kier alpha value is -1.45. The van der Waals surface area contributed by atoms with Crippen molar-refractivity contribution in [2.45, 2.75) is 18.6 Å². The first kappa shape index (κ1) is 20.3. The summed E-state index contributed by atoms with van der Waals surface area (Å²) in [6, 6.07) is 7.03. The van der Waals surface area contributed by atoms with Gasteiger partial charge in [-0.25, -0.2) is 0 Å². The van der Waals surface area contributed by atoms with E-state index in [1.165, 1.54) is 23.9 Å². The number of halogens is 3. The predicted molar refractivity (Wildman–Crippen MR) is 113 cm³/mol. The van der Waals surface area contributed by atoms with Crippen molar-refractivity contribution < 1.29 is 4.79 Å². The molecule has 0 aliphatic rings. The highest BCUT2D eigenvalue weighted by Gasteiger charge is 2.15. The average Bonchev–Trinajstić information content (AvgIpc) is 3.27. The molecule has 2 N–H and O–H groups in total. The van der Waals surface area contributed by atoms with E-state index in [4.69, 9.17) is 34.8 Å². The van der Waals surface area contributed by atoms with Gasteiger partial charge in [0.15, 0.2) is 11.0 Å². The molecule has 142 valence electrons. The van der Waals surface area contributed by atoms with Crippen molar-refractivity contribution in [3.63, 3.8) is 0 Å². The summed E-state index contributed by atoms with van der Waals surface area (Å²) in [5.41, 5.74) is 5.68. The molecule has 27 heavy (non-hydrogen) atoms. The molecule has 3 rings (SSSR count). The molecule has 0 saturated heterocycles. The molecule has 11 heteroatoms. The third-order valence-corrected chi connectivity index (χ3v) is 6.09. The second-order valence-corrected chi connectivity index (χ2v) is 8.38. The minimum Gasteiger partial charge on any atom is -0.302 e. The van der Waals surface area contributed by atoms with Gasteiger partial charge in [0.2, 0.25) is 5.91 Å². The van der Waals surface area contributed by atoms with E-state index >= 15 is 0 Å². The molecule has 2 heterocycles. The number of nitrogens with zero attached hydrogens (tertiary/aromatic N) is 3. The van der Waals surface area contributed by atoms with E-state index in [0.717, 1.165) is 10.7 Å². The maximum Gasteiger partial charge on any atom is 0.248 e. The molecule has 1 amide bonds. The van der Waals surface area contributed by atoms with Gasteiger partial charge >= 0.3 is 0 Å². The fourth-order valence-electron chi connectivity index (χ4n) is 2.23. The van der Waals surface area contributed by atoms with Crippen molar-refractivity contribution in [1.29, 1.82) is 0 Å². The van der Waals surface area contributed by atoms with Crippen LogP contribution in [0.2, 0.25) is 15.1 Å². The van der Waals surface area contributed by atoms with Gasteiger partial charge in [-0.05, 0) is 30.5 Å². The number of amides is 1. The van der Waals surface area contributed by atoms with E-state index < -0.39 is 0 Å². The largest absolute Gasteiger partial charge is 0.302 e. The number of hydrogen-bond acceptors (Lipinski definition) is 6. The fraction of sp³-hybridized carbons (Fsp3) is 0.188. The highest BCUT2D eigenvalue weighted by Crippen LogP contribution is 2.33. The summed E-state index contributed by atoms with van der Waals surface area (Å²) in [5, 5.41) is 12.1. The van der Waals surface area contributed by atoms with E-state index in [1.807, 2.05) is 29.0 Å². The minimum atomic E-state index is -0.259. The Morgan fingerprint density at radius 3 is 2.63 bits per heavy atom. The van der Waals surface area contributed by atoms with Crippen molar-refractivity contribution >= 4 is 69.5 Å². The fourth-order valence-corrected chi connectivity index (χ4v) is 4.66. The number of hydrogen-bond donors (Lipinski definition) is 2. The number of anilines is 1. The monoisotopic (exact) mass is 461 g/mol. The molecule has 2 aromatic heterocycles. The molecule has 0 radical (unpaired) electrons. The molecule has 1 aromatic carbocycles. The van der Waals surface area contributed by atoms with Crippen LogP contribution in [0.5, 0.6) is 0 Å². The zero-order valence-electron chi connectivity index (χ0n) is 14.0. The zero-order chi connectivity index (χ0) is 19.4. The van der Waals surface area contributed by atoms with Crippen molar-refractivity contribution in [3.05, 3.63) is 44.7 Å². The van der Waals surface area contributed by atoms with Crippen LogP contribution >= 0.6 is 57.9 Å². The smallest absolute Gasteiger partial charge is 0.248 e. The summed E-state index contributed by atoms with van der Waals surface area (Å²) < 4.78 is 1.98. The van der Waals surface area contributed by atoms with Crippen LogP contribution < -0.4 is 10.9 Å². The van der Waals surface area contributed by atoms with Crippen LogP contribution in [0.4, 0.5) is 5.69 Å². The molecule has 0 aliphatic carbocycles. The summed E-state index contributed by atoms with van der Waals surface area (Å²) in [6.07, 6.45) is 0. The summed E-state index contributed by atoms with van der Waals surface area (Å²) in [4.78, 5) is 13.2. The molecule has 6 nitrogen and oxygen atoms in total. The molecule has 0 aliphatic heterocycles. The average molecular weight is 463 g/mol. The van der Waals surface area contributed by atoms with Crippen LogP contribution in [0.15, 0.2) is 34.8 Å². The Balaban J connectivity index is 1.60. The second-order valence-electron chi connectivity index (χ2n) is 5.23. The summed E-state index contributed by atoms with van der Waals surface area (Å²) in [6.45, 7) is 2.72. The van der Waals surface area contributed by atoms with Gasteiger partial charge in [0.1, 0.15) is 0 Å². The van der Waals surface area contributed by atoms with Gasteiger partial charge in [-0.15, -0.1) is 21.5 Å². The van der Waals surface area contributed by atoms with Crippen LogP contribution in [-0.2, 0) is 11.3 Å². The van der Waals surface area contributed by atoms with E-state index in [2.05, 4.69) is 21.0 Å². The lowest BCUT2D eigenvalue weighted by Crippen LogP contribution is -2.31. The highest BCUT2D eigenvalue weighted by atomic mass is 35.5. The van der Waals surface area contributed by atoms with Crippen molar-refractivity contribution in [2.75, 3.05) is 11.2 Å². The zero-order valence-corrected chi connectivity index (χ0v) is 17.9. The van der Waals surface area contributed by atoms with Crippen LogP contribution in [0.3, 0.4) is 0 Å². The first-order valence-electron chi connectivity index (χ1n) is 7.79. The van der Waals surface area contributed by atoms with E-state index in [9.17, 15) is 4.79 Å². The topological polar surface area (TPSA) is 71.8 Å². The van der Waals surface area contributed by atoms with Gasteiger partial charge in [-0.1, -0.05) is 52.6 Å². The Kier molecular flexibility index (Phi) is 6.88. The van der Waals surface area contributed by atoms with Crippen molar-refractivity contribution in [1.82, 2.24) is 20.2 Å². The standard InChI is InChI=1S/C16H14Cl3N5OS2/c1-2-24-15(12-4-3-5-26-12)22-23-16(24)27-8-13(25)20-21-14-10(18)6-9(17)7-11(14)19/h3-7,21H,2,8H2,1H3,(H,20,25). The second kappa shape index (κ2) is 9.16. The molecule has 0 unspecified atom stereocenters. The minimum absolute atomic E-state index is 0.151. The maximum absolute atomic E-state index is 12.2. The summed E-state index contributed by atoms with van der Waals surface area (Å²) >= 11 is 20.9. The molecular weight excluding hydrogens is 449 g/mol. The van der Waals surface area contributed by atoms with Gasteiger partial charge in [-0.3, -0.25) is 15.6 Å². The number of benzene rings is 1. The maximum atomic E-state index is 12.2. The molecule has 0 fully saturated rings. The number of carbonyl (C=O) groups is 1. The molecule has 0 spiro atoms. The lowest BCUT2D eigenvalue weighted by Gasteiger charge is -2.12. The molecule has 3 aromatic rings. The van der Waals surface area contributed by atoms with Gasteiger partial charge in [0.25, 0.3) is 0 Å². The van der Waals surface area contributed by atoms with Gasteiger partial charge < -0.3 is 4.57 Å². The quantitative estimate of drug-likeness (QED) is 0.372. The van der Waals surface area contributed by atoms with E-state index in [-0.39, 0.29) is 11.7 Å². The van der Waals surface area contributed by atoms with Crippen molar-refractivity contribution in [2.24, 2.45) is 0 Å². The lowest BCUT2D eigenvalue weighted by atomic mass is 10.3. The van der Waals surface area contributed by atoms with E-state index in [0.29, 0.717) is 32.5 Å². The first-order valence-corrected chi connectivity index (χ1v) is 10.8. The Morgan fingerprint density at radius 2 is 2.00 bits per heavy atom. The van der Waals surface area contributed by atoms with Crippen LogP contribution in [0.1, 0.15) is 6.92 Å². The molecule has 0 atom stereocenters. The number of hydrazine groups is 1. The van der Waals surface area contributed by atoms with Crippen LogP contribution in [0.25, 0.3) is 10.7 Å². The Labute approximate surface area is 179 Å². The van der Waals surface area contributed by atoms with Gasteiger partial charge in [-0.2, -0.15) is 0 Å². The third kappa shape index (κ3) is 4.89. The normalized spacial score (nSPS) is 10.8. The third-order valence-electron chi connectivity index (χ3n) is 3.44. The van der Waals surface area contributed by atoms with Crippen LogP contribution in [-0.4, -0.2) is 26.4 Å². The molecular formula is C16H14Cl3N5OS2. The Bertz CT molecular complexity index is 923. The molecule has 0 bridgehead atoms. The van der Waals surface area contributed by atoms with Crippen molar-refractivity contribution in [3.8, 4) is 10.7 Å². The number of aromatic nitrogens is 3. The summed E-state index contributed by atoms with van der Waals surface area (Å²) in [7, 11) is 0. The predicted octanol–water partition coefficient (Wildman–Crippen LogP) is 5.22. The highest BCUT2D eigenvalue weighted by molar-refractivity contribution is 7.99. The lowest BCUT2D eigenvalue weighted by molar-refractivity contribution is -0.118. The SMILES string of the molecule is CCn1c(SCC(=O)NNc2c(Cl)cc(Cl)cc2Cl)nnc1-c1cccs1.